The number of hydrogen-bond acceptors (Lipinski definition) is 2. The Hall–Kier alpha value is -8.02. The third-order valence-electron chi connectivity index (χ3n) is 14.0. The first kappa shape index (κ1) is 39.7. The summed E-state index contributed by atoms with van der Waals surface area (Å²) in [6.45, 7) is 17.4. The lowest BCUT2D eigenvalue weighted by Crippen LogP contribution is -2.31. The van der Waals surface area contributed by atoms with Gasteiger partial charge in [0, 0.05) is 30.0 Å². The zero-order valence-electron chi connectivity index (χ0n) is 48.3. The van der Waals surface area contributed by atoms with E-state index in [1.807, 2.05) is 112 Å². The van der Waals surface area contributed by atoms with Gasteiger partial charge in [0.2, 0.25) is 0 Å². The molecule has 0 saturated heterocycles. The monoisotopic (exact) mass is 945 g/mol. The van der Waals surface area contributed by atoms with E-state index in [0.29, 0.717) is 35.6 Å². The highest BCUT2D eigenvalue weighted by Crippen LogP contribution is 2.41. The largest absolute Gasteiger partial charge is 0.458 e. The summed E-state index contributed by atoms with van der Waals surface area (Å²) in [4.78, 5) is 5.13. The summed E-state index contributed by atoms with van der Waals surface area (Å²) in [5.41, 5.74) is 12.1. The van der Waals surface area contributed by atoms with E-state index < -0.39 is 24.0 Å². The van der Waals surface area contributed by atoms with Gasteiger partial charge in [0.15, 0.2) is 0 Å². The lowest BCUT2D eigenvalue weighted by molar-refractivity contribution is -0.571. The molecule has 0 spiro atoms. The molecular formula is C67H62N4O. The number of nitrogens with zero attached hydrogens (tertiary/aromatic N) is 4. The normalized spacial score (nSPS) is 13.4. The minimum absolute atomic E-state index is 0.108. The topological polar surface area (TPSA) is 35.9 Å². The highest BCUT2D eigenvalue weighted by Gasteiger charge is 2.25. The van der Waals surface area contributed by atoms with Crippen molar-refractivity contribution in [3.8, 4) is 62.1 Å². The SMILES string of the molecule is [2H]c1c([2H])c([2H])c(-c2cccc(-c3cc(C(C)(C)C)cc(C(C)(C)C)c3)c2-[n+]2[c-]n(-c3cccc(Oc4ccc5c6ccccc6n(-c6cc(C([2H])(CC)CC)c(-c7ccccc7)cn6)c5c4)c3)c3ccccc32)c([2H])c1[2H]. The second kappa shape index (κ2) is 18.6. The summed E-state index contributed by atoms with van der Waals surface area (Å²) >= 11 is 0. The predicted octanol–water partition coefficient (Wildman–Crippen LogP) is 17.5. The third-order valence-corrected chi connectivity index (χ3v) is 14.0. The molecule has 0 aliphatic heterocycles. The zero-order chi connectivity index (χ0) is 55.0. The molecule has 3 aromatic heterocycles. The Balaban J connectivity index is 1.06. The molecule has 5 nitrogen and oxygen atoms in total. The Morgan fingerprint density at radius 3 is 1.94 bits per heavy atom. The van der Waals surface area contributed by atoms with Crippen LogP contribution in [0, 0.1) is 6.33 Å². The lowest BCUT2D eigenvalue weighted by Gasteiger charge is -2.27. The van der Waals surface area contributed by atoms with Crippen LogP contribution in [0.4, 0.5) is 0 Å². The van der Waals surface area contributed by atoms with Crippen LogP contribution in [0.5, 0.6) is 11.5 Å². The van der Waals surface area contributed by atoms with Crippen LogP contribution < -0.4 is 9.30 Å². The maximum absolute atomic E-state index is 9.71. The molecule has 5 heteroatoms. The highest BCUT2D eigenvalue weighted by atomic mass is 16.5. The van der Waals surface area contributed by atoms with Crippen LogP contribution in [-0.2, 0) is 10.8 Å². The maximum atomic E-state index is 9.71. The molecule has 0 aliphatic carbocycles. The molecule has 0 fully saturated rings. The molecule has 0 amide bonds. The summed E-state index contributed by atoms with van der Waals surface area (Å²) in [6, 6.07) is 53.4. The fourth-order valence-corrected chi connectivity index (χ4v) is 10.1. The van der Waals surface area contributed by atoms with Crippen molar-refractivity contribution in [2.24, 2.45) is 0 Å². The molecule has 0 bridgehead atoms. The fourth-order valence-electron chi connectivity index (χ4n) is 10.1. The second-order valence-electron chi connectivity index (χ2n) is 20.7. The van der Waals surface area contributed by atoms with Crippen molar-refractivity contribution in [3.05, 3.63) is 223 Å². The lowest BCUT2D eigenvalue weighted by atomic mass is 9.78. The maximum Gasteiger partial charge on any atom is 0.269 e. The molecule has 0 radical (unpaired) electrons. The smallest absolute Gasteiger partial charge is 0.269 e. The number of rotatable bonds is 11. The Morgan fingerprint density at radius 2 is 1.22 bits per heavy atom. The van der Waals surface area contributed by atoms with E-state index in [4.69, 9.17) is 13.8 Å². The van der Waals surface area contributed by atoms with E-state index in [0.717, 1.165) is 83.3 Å². The van der Waals surface area contributed by atoms with Crippen LogP contribution in [0.25, 0.3) is 83.4 Å². The Kier molecular flexibility index (Phi) is 10.3. The van der Waals surface area contributed by atoms with E-state index >= 15 is 0 Å². The van der Waals surface area contributed by atoms with Crippen LogP contribution in [0.2, 0.25) is 0 Å². The highest BCUT2D eigenvalue weighted by molar-refractivity contribution is 6.09. The Bertz CT molecular complexity index is 4080. The van der Waals surface area contributed by atoms with Crippen LogP contribution in [-0.4, -0.2) is 14.1 Å². The summed E-state index contributed by atoms with van der Waals surface area (Å²) in [5, 5.41) is 2.13. The summed E-state index contributed by atoms with van der Waals surface area (Å²) in [5.74, 6) is 1.12. The molecule has 0 aliphatic rings. The van der Waals surface area contributed by atoms with Crippen LogP contribution in [0.15, 0.2) is 200 Å². The minimum Gasteiger partial charge on any atom is -0.458 e. The number of hydrogen-bond donors (Lipinski definition) is 0. The van der Waals surface area contributed by atoms with E-state index in [1.165, 1.54) is 0 Å². The van der Waals surface area contributed by atoms with Crippen LogP contribution in [0.3, 0.4) is 0 Å². The number of pyridine rings is 1. The van der Waals surface area contributed by atoms with Crippen molar-refractivity contribution in [1.82, 2.24) is 14.1 Å². The van der Waals surface area contributed by atoms with Crippen molar-refractivity contribution in [2.75, 3.05) is 0 Å². The molecule has 11 rings (SSSR count). The van der Waals surface area contributed by atoms with Gasteiger partial charge in [-0.2, -0.15) is 0 Å². The van der Waals surface area contributed by atoms with Crippen molar-refractivity contribution in [1.29, 1.82) is 0 Å². The first-order chi connectivity index (χ1) is 37.3. The van der Waals surface area contributed by atoms with Gasteiger partial charge in [-0.05, 0) is 117 Å². The van der Waals surface area contributed by atoms with Crippen molar-refractivity contribution in [2.45, 2.75) is 85.0 Å². The van der Waals surface area contributed by atoms with Gasteiger partial charge in [-0.15, -0.1) is 0 Å². The van der Waals surface area contributed by atoms with Crippen molar-refractivity contribution < 1.29 is 17.5 Å². The van der Waals surface area contributed by atoms with E-state index in [-0.39, 0.29) is 28.5 Å². The quantitative estimate of drug-likeness (QED) is 0.0957. The van der Waals surface area contributed by atoms with E-state index in [2.05, 4.69) is 133 Å². The predicted molar refractivity (Wildman–Crippen MR) is 299 cm³/mol. The molecule has 356 valence electrons. The Morgan fingerprint density at radius 1 is 0.583 bits per heavy atom. The third kappa shape index (κ3) is 8.57. The molecule has 3 heterocycles. The number of benzene rings is 8. The molecule has 0 atom stereocenters. The van der Waals surface area contributed by atoms with Gasteiger partial charge in [0.05, 0.1) is 40.3 Å². The molecule has 8 aromatic carbocycles. The van der Waals surface area contributed by atoms with E-state index in [1.54, 1.807) is 0 Å². The summed E-state index contributed by atoms with van der Waals surface area (Å²) in [7, 11) is 0. The van der Waals surface area contributed by atoms with Crippen LogP contribution >= 0.6 is 0 Å². The molecule has 0 N–H and O–H groups in total. The molecule has 72 heavy (non-hydrogen) atoms. The number of aromatic nitrogens is 4. The number of imidazole rings is 1. The zero-order valence-corrected chi connectivity index (χ0v) is 42.3. The fraction of sp³-hybridized carbons (Fsp3) is 0.194. The van der Waals surface area contributed by atoms with Gasteiger partial charge < -0.3 is 4.74 Å². The number of ether oxygens (including phenoxy) is 1. The summed E-state index contributed by atoms with van der Waals surface area (Å²) < 4.78 is 67.2. The van der Waals surface area contributed by atoms with E-state index in [9.17, 15) is 4.11 Å². The van der Waals surface area contributed by atoms with Gasteiger partial charge in [0.25, 0.3) is 6.33 Å². The van der Waals surface area contributed by atoms with Crippen molar-refractivity contribution >= 4 is 32.8 Å². The van der Waals surface area contributed by atoms with Gasteiger partial charge >= 0.3 is 0 Å². The summed E-state index contributed by atoms with van der Waals surface area (Å²) in [6.07, 6.45) is 6.93. The minimum atomic E-state index is -0.827. The van der Waals surface area contributed by atoms with Crippen molar-refractivity contribution in [3.63, 3.8) is 0 Å². The van der Waals surface area contributed by atoms with Gasteiger partial charge in [-0.3, -0.25) is 13.7 Å². The first-order valence-electron chi connectivity index (χ1n) is 28.0. The van der Waals surface area contributed by atoms with Crippen LogP contribution in [0.1, 0.15) is 99.0 Å². The van der Waals surface area contributed by atoms with Gasteiger partial charge in [-0.25, -0.2) is 4.98 Å². The number of fused-ring (bicyclic) bond motifs is 4. The van der Waals surface area contributed by atoms with Gasteiger partial charge in [0.1, 0.15) is 17.3 Å². The Labute approximate surface area is 433 Å². The number of para-hydroxylation sites is 4. The second-order valence-corrected chi connectivity index (χ2v) is 20.7. The molecular weight excluding hydrogens is 877 g/mol. The molecule has 0 unspecified atom stereocenters. The standard InChI is InChI=1S/C67H62N4O/c1-9-45(10-2)58-42-64(68-43-59(58)47-25-15-12-16-26-47)71-60-32-18-17-29-56(60)57-36-35-53(41-63(57)71)72-52-28-21-27-51(40-52)69-44-70(62-34-20-19-33-61(62)69)65-54(46-23-13-11-14-24-46)30-22-31-55(65)48-37-49(66(3,4)5)39-50(38-48)67(6,7)8/h11-43,45H,9-10H2,1-8H3/i11D,13D,14D,23D,24D,45D. The molecule has 0 saturated carbocycles. The first-order valence-corrected chi connectivity index (χ1v) is 25.0. The average Bonchev–Trinajstić information content (AvgIpc) is 4.18. The average molecular weight is 945 g/mol. The van der Waals surface area contributed by atoms with Gasteiger partial charge in [-0.1, -0.05) is 201 Å². The molecule has 11 aromatic rings.